The van der Waals surface area contributed by atoms with Gasteiger partial charge in [-0.05, 0) is 36.4 Å². The summed E-state index contributed by atoms with van der Waals surface area (Å²) in [5, 5.41) is -0.0616. The third kappa shape index (κ3) is 3.54. The van der Waals surface area contributed by atoms with Crippen molar-refractivity contribution in [1.29, 1.82) is 0 Å². The van der Waals surface area contributed by atoms with Crippen molar-refractivity contribution in [3.63, 3.8) is 0 Å². The van der Waals surface area contributed by atoms with Crippen LogP contribution in [0.4, 0.5) is 5.82 Å². The van der Waals surface area contributed by atoms with Gasteiger partial charge in [-0.1, -0.05) is 23.7 Å². The van der Waals surface area contributed by atoms with E-state index in [1.54, 1.807) is 24.3 Å². The SMILES string of the molecule is COC(=O)c1ccc(S(=O)(=O)Nc2nc3ccccc3nc2Cl)cc1. The number of carbonyl (C=O) groups is 1. The Bertz CT molecular complexity index is 1050. The number of hydrogen-bond acceptors (Lipinski definition) is 6. The molecule has 2 aromatic carbocycles. The number of rotatable bonds is 4. The van der Waals surface area contributed by atoms with Crippen LogP contribution in [0, 0.1) is 0 Å². The second-order valence-corrected chi connectivity index (χ2v) is 7.01. The molecule has 0 spiro atoms. The van der Waals surface area contributed by atoms with E-state index in [9.17, 15) is 13.2 Å². The zero-order valence-electron chi connectivity index (χ0n) is 12.9. The first kappa shape index (κ1) is 17.1. The normalized spacial score (nSPS) is 11.3. The highest BCUT2D eigenvalue weighted by Gasteiger charge is 2.18. The lowest BCUT2D eigenvalue weighted by molar-refractivity contribution is 0.0600. The zero-order chi connectivity index (χ0) is 18.0. The highest BCUT2D eigenvalue weighted by Crippen LogP contribution is 2.24. The molecular formula is C16H12ClN3O4S. The fraction of sp³-hybridized carbons (Fsp3) is 0.0625. The van der Waals surface area contributed by atoms with Crippen LogP contribution >= 0.6 is 11.6 Å². The smallest absolute Gasteiger partial charge is 0.337 e. The van der Waals surface area contributed by atoms with Crippen LogP contribution in [-0.4, -0.2) is 31.5 Å². The summed E-state index contributed by atoms with van der Waals surface area (Å²) in [4.78, 5) is 19.7. The van der Waals surface area contributed by atoms with Crippen LogP contribution in [0.1, 0.15) is 10.4 Å². The number of methoxy groups -OCH3 is 1. The van der Waals surface area contributed by atoms with Gasteiger partial charge in [-0.3, -0.25) is 4.72 Å². The first-order valence-electron chi connectivity index (χ1n) is 7.04. The molecule has 0 atom stereocenters. The van der Waals surface area contributed by atoms with Gasteiger partial charge in [0.25, 0.3) is 10.0 Å². The van der Waals surface area contributed by atoms with Gasteiger partial charge in [-0.2, -0.15) is 0 Å². The molecule has 7 nitrogen and oxygen atoms in total. The summed E-state index contributed by atoms with van der Waals surface area (Å²) in [7, 11) is -2.70. The third-order valence-corrected chi connectivity index (χ3v) is 4.96. The van der Waals surface area contributed by atoms with Crippen molar-refractivity contribution in [2.45, 2.75) is 4.90 Å². The maximum absolute atomic E-state index is 12.5. The van der Waals surface area contributed by atoms with E-state index in [4.69, 9.17) is 11.6 Å². The van der Waals surface area contributed by atoms with Gasteiger partial charge in [0.05, 0.1) is 28.6 Å². The van der Waals surface area contributed by atoms with Gasteiger partial charge in [0.1, 0.15) is 0 Å². The monoisotopic (exact) mass is 377 g/mol. The van der Waals surface area contributed by atoms with Gasteiger partial charge in [-0.15, -0.1) is 0 Å². The van der Waals surface area contributed by atoms with Gasteiger partial charge >= 0.3 is 5.97 Å². The molecule has 1 N–H and O–H groups in total. The summed E-state index contributed by atoms with van der Waals surface area (Å²) in [6.45, 7) is 0. The summed E-state index contributed by atoms with van der Waals surface area (Å²) < 4.78 is 31.9. The maximum Gasteiger partial charge on any atom is 0.337 e. The molecular weight excluding hydrogens is 366 g/mol. The highest BCUT2D eigenvalue weighted by atomic mass is 35.5. The Hall–Kier alpha value is -2.71. The van der Waals surface area contributed by atoms with E-state index in [-0.39, 0.29) is 21.4 Å². The first-order chi connectivity index (χ1) is 11.9. The van der Waals surface area contributed by atoms with Crippen molar-refractivity contribution in [2.24, 2.45) is 0 Å². The maximum atomic E-state index is 12.5. The molecule has 0 aliphatic heterocycles. The minimum absolute atomic E-state index is 0.0498. The summed E-state index contributed by atoms with van der Waals surface area (Å²) in [5.41, 5.74) is 1.30. The molecule has 0 amide bonds. The van der Waals surface area contributed by atoms with Crippen molar-refractivity contribution in [1.82, 2.24) is 9.97 Å². The number of esters is 1. The second-order valence-electron chi connectivity index (χ2n) is 4.97. The molecule has 128 valence electrons. The number of carbonyl (C=O) groups excluding carboxylic acids is 1. The Kier molecular flexibility index (Phi) is 4.56. The van der Waals surface area contributed by atoms with Crippen molar-refractivity contribution >= 4 is 44.4 Å². The largest absolute Gasteiger partial charge is 0.465 e. The van der Waals surface area contributed by atoms with Gasteiger partial charge in [0.15, 0.2) is 11.0 Å². The van der Waals surface area contributed by atoms with Gasteiger partial charge in [0.2, 0.25) is 0 Å². The average molecular weight is 378 g/mol. The number of anilines is 1. The Balaban J connectivity index is 1.93. The molecule has 0 radical (unpaired) electrons. The predicted molar refractivity (Wildman–Crippen MR) is 93.1 cm³/mol. The van der Waals surface area contributed by atoms with Crippen LogP contribution in [0.25, 0.3) is 11.0 Å². The van der Waals surface area contributed by atoms with Crippen LogP contribution in [0.5, 0.6) is 0 Å². The predicted octanol–water partition coefficient (Wildman–Crippen LogP) is 2.87. The van der Waals surface area contributed by atoms with Crippen LogP contribution in [0.15, 0.2) is 53.4 Å². The molecule has 0 fully saturated rings. The second kappa shape index (κ2) is 6.66. The fourth-order valence-corrected chi connectivity index (χ4v) is 3.36. The number of sulfonamides is 1. The van der Waals surface area contributed by atoms with E-state index in [0.717, 1.165) is 0 Å². The van der Waals surface area contributed by atoms with Gasteiger partial charge in [0, 0.05) is 0 Å². The molecule has 0 bridgehead atoms. The fourth-order valence-electron chi connectivity index (χ4n) is 2.12. The molecule has 0 saturated heterocycles. The van der Waals surface area contributed by atoms with Crippen LogP contribution < -0.4 is 4.72 Å². The molecule has 25 heavy (non-hydrogen) atoms. The van der Waals surface area contributed by atoms with Crippen LogP contribution in [0.3, 0.4) is 0 Å². The van der Waals surface area contributed by atoms with E-state index in [2.05, 4.69) is 19.4 Å². The number of halogens is 1. The first-order valence-corrected chi connectivity index (χ1v) is 8.90. The molecule has 0 unspecified atom stereocenters. The number of nitrogens with zero attached hydrogens (tertiary/aromatic N) is 2. The van der Waals surface area contributed by atoms with Crippen molar-refractivity contribution in [3.8, 4) is 0 Å². The van der Waals surface area contributed by atoms with Crippen LogP contribution in [-0.2, 0) is 14.8 Å². The Morgan fingerprint density at radius 1 is 1.04 bits per heavy atom. The molecule has 3 rings (SSSR count). The third-order valence-electron chi connectivity index (χ3n) is 3.34. The molecule has 0 aliphatic rings. The van der Waals surface area contributed by atoms with E-state index in [1.165, 1.54) is 31.4 Å². The topological polar surface area (TPSA) is 98.2 Å². The summed E-state index contributed by atoms with van der Waals surface area (Å²) in [6, 6.07) is 12.2. The number of hydrogen-bond donors (Lipinski definition) is 1. The summed E-state index contributed by atoms with van der Waals surface area (Å²) >= 11 is 6.02. The molecule has 1 heterocycles. The molecule has 3 aromatic rings. The Morgan fingerprint density at radius 3 is 2.24 bits per heavy atom. The number of para-hydroxylation sites is 2. The standard InChI is InChI=1S/C16H12ClN3O4S/c1-24-16(21)10-6-8-11(9-7-10)25(22,23)20-15-14(17)18-12-4-2-3-5-13(12)19-15/h2-9H,1H3,(H,19,20). The lowest BCUT2D eigenvalue weighted by Crippen LogP contribution is -2.15. The highest BCUT2D eigenvalue weighted by molar-refractivity contribution is 7.92. The lowest BCUT2D eigenvalue weighted by Gasteiger charge is -2.09. The zero-order valence-corrected chi connectivity index (χ0v) is 14.5. The average Bonchev–Trinajstić information content (AvgIpc) is 2.61. The van der Waals surface area contributed by atoms with Crippen molar-refractivity contribution in [3.05, 3.63) is 59.2 Å². The van der Waals surface area contributed by atoms with E-state index in [0.29, 0.717) is 11.0 Å². The minimum atomic E-state index is -3.94. The van der Waals surface area contributed by atoms with Crippen LogP contribution in [0.2, 0.25) is 5.15 Å². The minimum Gasteiger partial charge on any atom is -0.465 e. The number of fused-ring (bicyclic) bond motifs is 1. The molecule has 0 saturated carbocycles. The van der Waals surface area contributed by atoms with Gasteiger partial charge < -0.3 is 4.74 Å². The Labute approximate surface area is 148 Å². The number of ether oxygens (including phenoxy) is 1. The van der Waals surface area contributed by atoms with E-state index in [1.807, 2.05) is 0 Å². The molecule has 1 aromatic heterocycles. The van der Waals surface area contributed by atoms with E-state index >= 15 is 0 Å². The number of aromatic nitrogens is 2. The summed E-state index contributed by atoms with van der Waals surface area (Å²) in [6.07, 6.45) is 0. The quantitative estimate of drug-likeness (QED) is 0.702. The number of nitrogens with one attached hydrogen (secondary N) is 1. The van der Waals surface area contributed by atoms with Gasteiger partial charge in [-0.25, -0.2) is 23.2 Å². The molecule has 0 aliphatic carbocycles. The molecule has 9 heteroatoms. The van der Waals surface area contributed by atoms with Crippen molar-refractivity contribution in [2.75, 3.05) is 11.8 Å². The summed E-state index contributed by atoms with van der Waals surface area (Å²) in [5.74, 6) is -0.627. The van der Waals surface area contributed by atoms with Crippen molar-refractivity contribution < 1.29 is 17.9 Å². The lowest BCUT2D eigenvalue weighted by atomic mass is 10.2. The Morgan fingerprint density at radius 2 is 1.64 bits per heavy atom. The van der Waals surface area contributed by atoms with E-state index < -0.39 is 16.0 Å². The number of benzene rings is 2.